The number of rotatable bonds is 6. The standard InChI is InChI=1S/C19H21BrN4O5/c1-29-6-2-5-24-16(26)14-12(8-13(21)25)23-19(15(14)17(24)27)10-7-9(20)3-4-11(10)22-18(19)28/h3-4,7,12,14-15,23H,2,5-6,8H2,1H3,(H2,21,25)(H,22,28)/t12-,14-,15+,19-/m1/s1. The van der Waals surface area contributed by atoms with Gasteiger partial charge in [-0.05, 0) is 24.6 Å². The van der Waals surface area contributed by atoms with Crippen LogP contribution in [0.15, 0.2) is 22.7 Å². The number of carbonyl (C=O) groups excluding carboxylic acids is 4. The number of ether oxygens (including phenoxy) is 1. The Morgan fingerprint density at radius 1 is 1.31 bits per heavy atom. The predicted octanol–water partition coefficient (Wildman–Crippen LogP) is 0.0814. The number of fused-ring (bicyclic) bond motifs is 4. The van der Waals surface area contributed by atoms with Crippen molar-refractivity contribution >= 4 is 45.2 Å². The molecule has 1 aromatic carbocycles. The van der Waals surface area contributed by atoms with E-state index in [1.165, 1.54) is 4.90 Å². The number of imide groups is 1. The van der Waals surface area contributed by atoms with E-state index >= 15 is 0 Å². The smallest absolute Gasteiger partial charge is 0.250 e. The van der Waals surface area contributed by atoms with Gasteiger partial charge in [0.05, 0.1) is 11.8 Å². The van der Waals surface area contributed by atoms with Crippen molar-refractivity contribution in [2.75, 3.05) is 25.6 Å². The van der Waals surface area contributed by atoms with Gasteiger partial charge in [0.2, 0.25) is 23.6 Å². The average Bonchev–Trinajstić information content (AvgIpc) is 3.22. The van der Waals surface area contributed by atoms with E-state index in [-0.39, 0.29) is 18.9 Å². The molecule has 4 amide bonds. The fourth-order valence-electron chi connectivity index (χ4n) is 4.81. The summed E-state index contributed by atoms with van der Waals surface area (Å²) in [7, 11) is 1.54. The first-order chi connectivity index (χ1) is 13.8. The van der Waals surface area contributed by atoms with Crippen molar-refractivity contribution in [1.29, 1.82) is 0 Å². The number of hydrogen-bond donors (Lipinski definition) is 3. The normalized spacial score (nSPS) is 30.1. The molecule has 10 heteroatoms. The van der Waals surface area contributed by atoms with Crippen molar-refractivity contribution in [3.63, 3.8) is 0 Å². The minimum atomic E-state index is -1.42. The maximum Gasteiger partial charge on any atom is 0.250 e. The van der Waals surface area contributed by atoms with Crippen LogP contribution in [0, 0.1) is 11.8 Å². The van der Waals surface area contributed by atoms with Gasteiger partial charge in [-0.25, -0.2) is 0 Å². The molecular formula is C19H21BrN4O5. The molecule has 0 unspecified atom stereocenters. The van der Waals surface area contributed by atoms with Gasteiger partial charge in [0.25, 0.3) is 0 Å². The van der Waals surface area contributed by atoms with Gasteiger partial charge in [0.1, 0.15) is 5.54 Å². The number of amides is 4. The van der Waals surface area contributed by atoms with E-state index in [4.69, 9.17) is 10.5 Å². The number of primary amides is 1. The second kappa shape index (κ2) is 7.19. The Morgan fingerprint density at radius 2 is 2.07 bits per heavy atom. The zero-order chi connectivity index (χ0) is 20.9. The molecule has 29 heavy (non-hydrogen) atoms. The molecule has 154 valence electrons. The Hall–Kier alpha value is -2.30. The summed E-state index contributed by atoms with van der Waals surface area (Å²) in [5.74, 6) is -3.61. The van der Waals surface area contributed by atoms with Gasteiger partial charge in [-0.1, -0.05) is 15.9 Å². The van der Waals surface area contributed by atoms with E-state index in [0.717, 1.165) is 4.47 Å². The molecule has 4 rings (SSSR count). The van der Waals surface area contributed by atoms with Crippen LogP contribution in [-0.2, 0) is 29.5 Å². The van der Waals surface area contributed by atoms with Gasteiger partial charge in [-0.2, -0.15) is 0 Å². The van der Waals surface area contributed by atoms with Crippen LogP contribution < -0.4 is 16.4 Å². The number of nitrogens with one attached hydrogen (secondary N) is 2. The van der Waals surface area contributed by atoms with Crippen molar-refractivity contribution in [2.45, 2.75) is 24.4 Å². The molecular weight excluding hydrogens is 444 g/mol. The van der Waals surface area contributed by atoms with Crippen LogP contribution in [0.3, 0.4) is 0 Å². The van der Waals surface area contributed by atoms with Gasteiger partial charge >= 0.3 is 0 Å². The Labute approximate surface area is 175 Å². The maximum absolute atomic E-state index is 13.3. The summed E-state index contributed by atoms with van der Waals surface area (Å²) in [6.07, 6.45) is 0.340. The molecule has 0 aliphatic carbocycles. The second-order valence-electron chi connectivity index (χ2n) is 7.55. The first-order valence-electron chi connectivity index (χ1n) is 9.33. The minimum absolute atomic E-state index is 0.148. The quantitative estimate of drug-likeness (QED) is 0.403. The molecule has 9 nitrogen and oxygen atoms in total. The number of nitrogens with two attached hydrogens (primary N) is 1. The Kier molecular flexibility index (Phi) is 4.96. The third-order valence-electron chi connectivity index (χ3n) is 5.92. The zero-order valence-corrected chi connectivity index (χ0v) is 17.3. The van der Waals surface area contributed by atoms with Crippen LogP contribution >= 0.6 is 15.9 Å². The molecule has 4 atom stereocenters. The van der Waals surface area contributed by atoms with E-state index in [2.05, 4.69) is 26.6 Å². The first-order valence-corrected chi connectivity index (χ1v) is 10.1. The van der Waals surface area contributed by atoms with E-state index in [9.17, 15) is 19.2 Å². The Morgan fingerprint density at radius 3 is 2.76 bits per heavy atom. The monoisotopic (exact) mass is 464 g/mol. The number of benzene rings is 1. The third kappa shape index (κ3) is 2.89. The van der Waals surface area contributed by atoms with E-state index in [1.54, 1.807) is 25.3 Å². The van der Waals surface area contributed by atoms with Crippen LogP contribution in [0.5, 0.6) is 0 Å². The number of carbonyl (C=O) groups is 4. The number of anilines is 1. The predicted molar refractivity (Wildman–Crippen MR) is 105 cm³/mol. The zero-order valence-electron chi connectivity index (χ0n) is 15.7. The topological polar surface area (TPSA) is 131 Å². The molecule has 0 bridgehead atoms. The molecule has 4 N–H and O–H groups in total. The molecule has 1 aromatic rings. The highest BCUT2D eigenvalue weighted by Crippen LogP contribution is 2.53. The van der Waals surface area contributed by atoms with Gasteiger partial charge < -0.3 is 15.8 Å². The maximum atomic E-state index is 13.3. The molecule has 0 aromatic heterocycles. The molecule has 0 radical (unpaired) electrons. The lowest BCUT2D eigenvalue weighted by Gasteiger charge is -2.29. The minimum Gasteiger partial charge on any atom is -0.385 e. The summed E-state index contributed by atoms with van der Waals surface area (Å²) in [4.78, 5) is 52.5. The number of hydrogen-bond acceptors (Lipinski definition) is 6. The lowest BCUT2D eigenvalue weighted by molar-refractivity contribution is -0.143. The molecule has 0 saturated carbocycles. The largest absolute Gasteiger partial charge is 0.385 e. The molecule has 2 saturated heterocycles. The molecule has 3 aliphatic heterocycles. The lowest BCUT2D eigenvalue weighted by atomic mass is 9.76. The van der Waals surface area contributed by atoms with Gasteiger partial charge in [-0.15, -0.1) is 0 Å². The van der Waals surface area contributed by atoms with E-state index in [1.807, 2.05) is 0 Å². The van der Waals surface area contributed by atoms with Crippen molar-refractivity contribution in [2.24, 2.45) is 17.6 Å². The second-order valence-corrected chi connectivity index (χ2v) is 8.47. The SMILES string of the molecule is COCCCN1C(=O)[C@H]2[C@@H](C1=O)[C@@]1(N[C@@H]2CC(N)=O)C(=O)Nc2ccc(Br)cc21. The van der Waals surface area contributed by atoms with E-state index < -0.39 is 41.1 Å². The summed E-state index contributed by atoms with van der Waals surface area (Å²) in [6, 6.07) is 4.57. The summed E-state index contributed by atoms with van der Waals surface area (Å²) in [6.45, 7) is 0.599. The third-order valence-corrected chi connectivity index (χ3v) is 6.41. The highest BCUT2D eigenvalue weighted by molar-refractivity contribution is 9.10. The fourth-order valence-corrected chi connectivity index (χ4v) is 5.17. The highest BCUT2D eigenvalue weighted by atomic mass is 79.9. The van der Waals surface area contributed by atoms with Crippen LogP contribution in [0.1, 0.15) is 18.4 Å². The molecule has 3 heterocycles. The molecule has 2 fully saturated rings. The van der Waals surface area contributed by atoms with Crippen LogP contribution in [0.4, 0.5) is 5.69 Å². The average molecular weight is 465 g/mol. The Balaban J connectivity index is 1.80. The fraction of sp³-hybridized carbons (Fsp3) is 0.474. The number of nitrogens with zero attached hydrogens (tertiary/aromatic N) is 1. The summed E-state index contributed by atoms with van der Waals surface area (Å²) < 4.78 is 5.75. The Bertz CT molecular complexity index is 922. The number of halogens is 1. The number of likely N-dealkylation sites (tertiary alicyclic amines) is 1. The highest BCUT2D eigenvalue weighted by Gasteiger charge is 2.70. The summed E-state index contributed by atoms with van der Waals surface area (Å²) >= 11 is 3.41. The van der Waals surface area contributed by atoms with Crippen LogP contribution in [0.2, 0.25) is 0 Å². The van der Waals surface area contributed by atoms with Crippen molar-refractivity contribution < 1.29 is 23.9 Å². The van der Waals surface area contributed by atoms with E-state index in [0.29, 0.717) is 24.3 Å². The lowest BCUT2D eigenvalue weighted by Crippen LogP contribution is -2.53. The summed E-state index contributed by atoms with van der Waals surface area (Å²) in [5.41, 5.74) is 5.12. The van der Waals surface area contributed by atoms with Gasteiger partial charge in [0.15, 0.2) is 0 Å². The van der Waals surface area contributed by atoms with Crippen LogP contribution in [-0.4, -0.2) is 54.8 Å². The van der Waals surface area contributed by atoms with Crippen LogP contribution in [0.25, 0.3) is 0 Å². The number of methoxy groups -OCH3 is 1. The first kappa shape index (κ1) is 20.0. The van der Waals surface area contributed by atoms with Crippen molar-refractivity contribution in [1.82, 2.24) is 10.2 Å². The summed E-state index contributed by atoms with van der Waals surface area (Å²) in [5, 5.41) is 5.96. The van der Waals surface area contributed by atoms with Crippen molar-refractivity contribution in [3.8, 4) is 0 Å². The molecule has 1 spiro atoms. The van der Waals surface area contributed by atoms with Gasteiger partial charge in [0, 0.05) is 48.4 Å². The molecule has 3 aliphatic rings. The van der Waals surface area contributed by atoms with Crippen molar-refractivity contribution in [3.05, 3.63) is 28.2 Å². The van der Waals surface area contributed by atoms with Gasteiger partial charge in [-0.3, -0.25) is 29.4 Å².